The first kappa shape index (κ1) is 30.6. The van der Waals surface area contributed by atoms with Gasteiger partial charge in [0.15, 0.2) is 5.01 Å². The predicted octanol–water partition coefficient (Wildman–Crippen LogP) is 1.90. The van der Waals surface area contributed by atoms with E-state index in [0.29, 0.717) is 35.0 Å². The number of halogens is 2. The molecule has 39 heavy (non-hydrogen) atoms. The molecule has 1 aromatic carbocycles. The number of carbonyl (C=O) groups excluding carboxylic acids is 4. The zero-order valence-corrected chi connectivity index (χ0v) is 24.3. The lowest BCUT2D eigenvalue weighted by molar-refractivity contribution is -0.137. The van der Waals surface area contributed by atoms with Crippen molar-refractivity contribution in [3.63, 3.8) is 0 Å². The van der Waals surface area contributed by atoms with Crippen LogP contribution in [0.25, 0.3) is 0 Å². The summed E-state index contributed by atoms with van der Waals surface area (Å²) in [5.41, 5.74) is 7.31. The van der Waals surface area contributed by atoms with Gasteiger partial charge in [0.25, 0.3) is 5.91 Å². The van der Waals surface area contributed by atoms with Gasteiger partial charge in [-0.2, -0.15) is 0 Å². The molecule has 3 atom stereocenters. The van der Waals surface area contributed by atoms with Gasteiger partial charge in [-0.1, -0.05) is 11.6 Å². The highest BCUT2D eigenvalue weighted by molar-refractivity contribution is 7.13. The number of hydrogen-bond acceptors (Lipinski definition) is 8. The van der Waals surface area contributed by atoms with Gasteiger partial charge in [-0.15, -0.1) is 23.7 Å². The molecule has 1 aromatic heterocycles. The third-order valence-corrected chi connectivity index (χ3v) is 8.28. The van der Waals surface area contributed by atoms with Gasteiger partial charge < -0.3 is 31.5 Å². The second-order valence-electron chi connectivity index (χ2n) is 9.97. The van der Waals surface area contributed by atoms with Crippen LogP contribution in [0.1, 0.15) is 39.6 Å². The first-order valence-electron chi connectivity index (χ1n) is 12.4. The number of amides is 4. The first-order chi connectivity index (χ1) is 18.0. The van der Waals surface area contributed by atoms with Crippen molar-refractivity contribution in [1.82, 2.24) is 25.4 Å². The second-order valence-corrected chi connectivity index (χ2v) is 11.5. The molecule has 11 nitrogen and oxygen atoms in total. The van der Waals surface area contributed by atoms with Crippen molar-refractivity contribution in [3.8, 4) is 0 Å². The normalized spacial score (nSPS) is 20.7. The van der Waals surface area contributed by atoms with Crippen molar-refractivity contribution in [3.05, 3.63) is 38.8 Å². The Hall–Kier alpha value is -2.93. The maximum absolute atomic E-state index is 13.2. The average molecular weight is 599 g/mol. The first-order valence-corrected chi connectivity index (χ1v) is 13.6. The highest BCUT2D eigenvalue weighted by atomic mass is 35.5. The molecule has 0 saturated heterocycles. The van der Waals surface area contributed by atoms with Gasteiger partial charge in [0.2, 0.25) is 5.91 Å². The molecule has 0 bridgehead atoms. The molecule has 1 fully saturated rings. The molecule has 4 amide bonds. The molecule has 4 rings (SSSR count). The van der Waals surface area contributed by atoms with Crippen molar-refractivity contribution in [2.45, 2.75) is 44.3 Å². The monoisotopic (exact) mass is 597 g/mol. The summed E-state index contributed by atoms with van der Waals surface area (Å²) in [4.78, 5) is 60.5. The lowest BCUT2D eigenvalue weighted by atomic mass is 9.81. The van der Waals surface area contributed by atoms with Crippen LogP contribution in [0.15, 0.2) is 18.2 Å². The summed E-state index contributed by atoms with van der Waals surface area (Å²) in [6.45, 7) is 1.63. The van der Waals surface area contributed by atoms with Crippen molar-refractivity contribution < 1.29 is 19.2 Å². The number of benzene rings is 1. The molecule has 0 radical (unpaired) electrons. The number of thiazole rings is 1. The number of hydrogen-bond donors (Lipinski definition) is 4. The van der Waals surface area contributed by atoms with Crippen LogP contribution in [0.2, 0.25) is 5.02 Å². The molecule has 1 saturated carbocycles. The quantitative estimate of drug-likeness (QED) is 0.303. The highest BCUT2D eigenvalue weighted by Crippen LogP contribution is 2.28. The van der Waals surface area contributed by atoms with Crippen molar-refractivity contribution in [2.24, 2.45) is 5.92 Å². The fourth-order valence-corrected chi connectivity index (χ4v) is 5.99. The predicted molar refractivity (Wildman–Crippen MR) is 153 cm³/mol. The Morgan fingerprint density at radius 1 is 1.13 bits per heavy atom. The lowest BCUT2D eigenvalue weighted by Gasteiger charge is -2.37. The van der Waals surface area contributed by atoms with E-state index in [9.17, 15) is 19.2 Å². The van der Waals surface area contributed by atoms with Gasteiger partial charge in [0, 0.05) is 56.1 Å². The fourth-order valence-electron chi connectivity index (χ4n) is 4.79. The number of nitrogens with zero attached hydrogens (tertiary/aromatic N) is 3. The summed E-state index contributed by atoms with van der Waals surface area (Å²) in [5.74, 6) is -2.43. The minimum Gasteiger partial charge on any atom is -0.397 e. The number of nitrogens with two attached hydrogens (primary N) is 1. The molecule has 212 valence electrons. The van der Waals surface area contributed by atoms with Gasteiger partial charge in [-0.05, 0) is 44.5 Å². The minimum absolute atomic E-state index is 0. The topological polar surface area (TPSA) is 150 Å². The van der Waals surface area contributed by atoms with E-state index in [1.54, 1.807) is 14.1 Å². The SMILES string of the molecule is CN1CCc2nc(C(=O)NC3CC(C(=O)N(C)C)CCC3NC(=O)C(=O)Nc3ccc(Cl)c(N)c3)sc2C1.Cl. The zero-order valence-electron chi connectivity index (χ0n) is 22.0. The maximum atomic E-state index is 13.2. The van der Waals surface area contributed by atoms with E-state index in [-0.39, 0.29) is 35.8 Å². The number of aromatic nitrogens is 1. The molecular weight excluding hydrogens is 565 g/mol. The van der Waals surface area contributed by atoms with Gasteiger partial charge >= 0.3 is 11.8 Å². The van der Waals surface area contributed by atoms with Crippen molar-refractivity contribution in [2.75, 3.05) is 38.7 Å². The van der Waals surface area contributed by atoms with E-state index >= 15 is 0 Å². The zero-order chi connectivity index (χ0) is 27.6. The van der Waals surface area contributed by atoms with Gasteiger partial charge in [0.1, 0.15) is 0 Å². The summed E-state index contributed by atoms with van der Waals surface area (Å²) in [6, 6.07) is 3.42. The highest BCUT2D eigenvalue weighted by Gasteiger charge is 2.37. The van der Waals surface area contributed by atoms with Crippen LogP contribution in [0, 0.1) is 5.92 Å². The number of fused-ring (bicyclic) bond motifs is 1. The average Bonchev–Trinajstić information content (AvgIpc) is 3.30. The lowest BCUT2D eigenvalue weighted by Crippen LogP contribution is -2.57. The number of nitrogen functional groups attached to an aromatic ring is 1. The van der Waals surface area contributed by atoms with Crippen LogP contribution in [0.5, 0.6) is 0 Å². The second kappa shape index (κ2) is 12.9. The minimum atomic E-state index is -0.875. The summed E-state index contributed by atoms with van der Waals surface area (Å²) < 4.78 is 0. The van der Waals surface area contributed by atoms with Crippen molar-refractivity contribution >= 4 is 70.3 Å². The Labute approximate surface area is 242 Å². The van der Waals surface area contributed by atoms with Gasteiger partial charge in [-0.3, -0.25) is 19.2 Å². The third kappa shape index (κ3) is 7.38. The molecule has 2 aromatic rings. The maximum Gasteiger partial charge on any atom is 0.313 e. The molecule has 5 N–H and O–H groups in total. The molecular formula is C25H33Cl2N7O4S. The number of rotatable bonds is 5. The summed E-state index contributed by atoms with van der Waals surface area (Å²) in [5, 5.41) is 8.92. The van der Waals surface area contributed by atoms with Crippen LogP contribution in [-0.2, 0) is 27.3 Å². The van der Waals surface area contributed by atoms with E-state index in [0.717, 1.165) is 30.1 Å². The Kier molecular flexibility index (Phi) is 10.2. The fraction of sp³-hybridized carbons (Fsp3) is 0.480. The van der Waals surface area contributed by atoms with Crippen LogP contribution in [0.4, 0.5) is 11.4 Å². The van der Waals surface area contributed by atoms with Gasteiger partial charge in [-0.25, -0.2) is 4.98 Å². The third-order valence-electron chi connectivity index (χ3n) is 6.85. The largest absolute Gasteiger partial charge is 0.397 e. The molecule has 2 aliphatic rings. The van der Waals surface area contributed by atoms with Crippen LogP contribution in [0.3, 0.4) is 0 Å². The molecule has 1 aliphatic heterocycles. The molecule has 2 heterocycles. The van der Waals surface area contributed by atoms with Crippen LogP contribution < -0.4 is 21.7 Å². The summed E-state index contributed by atoms with van der Waals surface area (Å²) >= 11 is 7.28. The van der Waals surface area contributed by atoms with Crippen LogP contribution in [-0.4, -0.2) is 78.2 Å². The number of nitrogens with one attached hydrogen (secondary N) is 3. The van der Waals surface area contributed by atoms with E-state index < -0.39 is 23.9 Å². The van der Waals surface area contributed by atoms with E-state index in [1.165, 1.54) is 34.4 Å². The van der Waals surface area contributed by atoms with Gasteiger partial charge in [0.05, 0.1) is 22.4 Å². The summed E-state index contributed by atoms with van der Waals surface area (Å²) in [7, 11) is 5.40. The van der Waals surface area contributed by atoms with Crippen molar-refractivity contribution in [1.29, 1.82) is 0 Å². The van der Waals surface area contributed by atoms with E-state index in [4.69, 9.17) is 17.3 Å². The molecule has 1 aliphatic carbocycles. The Bertz CT molecular complexity index is 1260. The molecule has 14 heteroatoms. The number of likely N-dealkylation sites (N-methyl/N-ethyl adjacent to an activating group) is 1. The number of carbonyl (C=O) groups is 4. The number of anilines is 2. The Balaban J connectivity index is 0.00000420. The molecule has 3 unspecified atom stereocenters. The van der Waals surface area contributed by atoms with Crippen LogP contribution >= 0.6 is 35.3 Å². The van der Waals surface area contributed by atoms with E-state index in [2.05, 4.69) is 25.8 Å². The smallest absolute Gasteiger partial charge is 0.313 e. The Morgan fingerprint density at radius 2 is 1.87 bits per heavy atom. The Morgan fingerprint density at radius 3 is 2.56 bits per heavy atom. The van der Waals surface area contributed by atoms with E-state index in [1.807, 2.05) is 7.05 Å². The summed E-state index contributed by atoms with van der Waals surface area (Å²) in [6.07, 6.45) is 2.05. The molecule has 0 spiro atoms. The standard InChI is InChI=1S/C25H32ClN7O4S.ClH/c1-32(2)25(37)13-4-7-17(29-22(35)21(34)28-14-5-6-15(26)16(27)11-14)19(10-13)30-23(36)24-31-18-8-9-33(3)12-20(18)38-24;/h5-6,11,13,17,19H,4,7-10,12,27H2,1-3H3,(H,28,34)(H,29,35)(H,30,36);1H.